The Morgan fingerprint density at radius 1 is 0.542 bits per heavy atom. The fourth-order valence-electron chi connectivity index (χ4n) is 5.04. The summed E-state index contributed by atoms with van der Waals surface area (Å²) in [5.41, 5.74) is -1.83. The van der Waals surface area contributed by atoms with Crippen LogP contribution in [-0.4, -0.2) is 125 Å². The summed E-state index contributed by atoms with van der Waals surface area (Å²) in [6.07, 6.45) is -13.1. The summed E-state index contributed by atoms with van der Waals surface area (Å²) in [4.78, 5) is 85.1. The lowest BCUT2D eigenvalue weighted by Gasteiger charge is -2.48. The maximum atomic E-state index is 14.9. The van der Waals surface area contributed by atoms with E-state index in [0.717, 1.165) is 48.5 Å². The van der Waals surface area contributed by atoms with E-state index in [-0.39, 0.29) is 0 Å². The standard InChI is InChI=1S/C29H42O18S/c1-12(2)40-28-26(45-19(9)36)27(23(42-16(6)33)21(46-28)11-39-14(4)31)48(37)29-25(44-18(8)35)24(43-17(7)34)22(41-15(5)32)20(47-29)10-38-13(3)30/h12,20-29H,10-11H2,1-9H3/t20-,21-,22+,23-,24+,25-,26-,27+,28+,29+,48?/m1/s1. The van der Waals surface area contributed by atoms with Crippen LogP contribution in [0.5, 0.6) is 0 Å². The molecule has 0 aromatic rings. The van der Waals surface area contributed by atoms with Gasteiger partial charge in [-0.05, 0) is 13.8 Å². The van der Waals surface area contributed by atoms with Gasteiger partial charge in [0.25, 0.3) is 0 Å². The molecule has 0 aromatic heterocycles. The van der Waals surface area contributed by atoms with Crippen LogP contribution in [0.25, 0.3) is 0 Å². The van der Waals surface area contributed by atoms with Gasteiger partial charge in [0.1, 0.15) is 36.8 Å². The normalized spacial score (nSPS) is 30.6. The van der Waals surface area contributed by atoms with Crippen molar-refractivity contribution in [3.8, 4) is 0 Å². The molecule has 2 saturated heterocycles. The van der Waals surface area contributed by atoms with E-state index < -0.39 is 132 Å². The summed E-state index contributed by atoms with van der Waals surface area (Å²) in [6.45, 7) is 9.41. The molecule has 272 valence electrons. The highest BCUT2D eigenvalue weighted by Crippen LogP contribution is 2.37. The van der Waals surface area contributed by atoms with Crippen molar-refractivity contribution >= 4 is 52.6 Å². The Hall–Kier alpha value is -3.68. The van der Waals surface area contributed by atoms with Crippen LogP contribution >= 0.6 is 0 Å². The van der Waals surface area contributed by atoms with E-state index in [0.29, 0.717) is 0 Å². The third kappa shape index (κ3) is 11.8. The molecule has 2 rings (SSSR count). The zero-order valence-corrected chi connectivity index (χ0v) is 28.8. The molecule has 0 spiro atoms. The van der Waals surface area contributed by atoms with Crippen LogP contribution < -0.4 is 0 Å². The van der Waals surface area contributed by atoms with Crippen LogP contribution in [0.3, 0.4) is 0 Å². The van der Waals surface area contributed by atoms with Gasteiger partial charge < -0.3 is 47.4 Å². The SMILES string of the molecule is CC(=O)OC[C@H]1O[C@@H](S(=O)[C@@H]2[C@@H](OC(C)=O)[C@@H](OC(C)C)O[C@H](COC(C)=O)[C@H]2OC(C)=O)[C@H](OC(C)=O)[C@@H](OC(C)=O)[C@H]1OC(C)=O. The van der Waals surface area contributed by atoms with Crippen molar-refractivity contribution in [3.05, 3.63) is 0 Å². The quantitative estimate of drug-likeness (QED) is 0.177. The van der Waals surface area contributed by atoms with E-state index in [1.807, 2.05) is 0 Å². The number of hydrogen-bond acceptors (Lipinski definition) is 18. The Labute approximate surface area is 279 Å². The van der Waals surface area contributed by atoms with Crippen LogP contribution in [0.2, 0.25) is 0 Å². The van der Waals surface area contributed by atoms with Crippen molar-refractivity contribution in [1.82, 2.24) is 0 Å². The molecule has 1 unspecified atom stereocenters. The molecule has 0 N–H and O–H groups in total. The average molecular weight is 711 g/mol. The van der Waals surface area contributed by atoms with Crippen LogP contribution in [0, 0.1) is 0 Å². The lowest BCUT2D eigenvalue weighted by Crippen LogP contribution is -2.68. The van der Waals surface area contributed by atoms with Crippen molar-refractivity contribution in [1.29, 1.82) is 0 Å². The van der Waals surface area contributed by atoms with E-state index in [1.54, 1.807) is 13.8 Å². The van der Waals surface area contributed by atoms with Gasteiger partial charge in [-0.25, -0.2) is 0 Å². The van der Waals surface area contributed by atoms with Crippen molar-refractivity contribution in [2.45, 2.75) is 128 Å². The predicted molar refractivity (Wildman–Crippen MR) is 157 cm³/mol. The zero-order chi connectivity index (χ0) is 36.5. The molecular weight excluding hydrogens is 668 g/mol. The Morgan fingerprint density at radius 2 is 0.938 bits per heavy atom. The maximum Gasteiger partial charge on any atom is 0.303 e. The fourth-order valence-corrected chi connectivity index (χ4v) is 7.02. The van der Waals surface area contributed by atoms with Crippen molar-refractivity contribution in [2.75, 3.05) is 13.2 Å². The molecule has 19 heteroatoms. The molecule has 2 heterocycles. The Bertz CT molecular complexity index is 1230. The van der Waals surface area contributed by atoms with E-state index in [1.165, 1.54) is 0 Å². The average Bonchev–Trinajstić information content (AvgIpc) is 2.92. The fraction of sp³-hybridized carbons (Fsp3) is 0.759. The maximum absolute atomic E-state index is 14.9. The van der Waals surface area contributed by atoms with Gasteiger partial charge in [-0.15, -0.1) is 0 Å². The van der Waals surface area contributed by atoms with Gasteiger partial charge in [0.05, 0.1) is 16.9 Å². The third-order valence-corrected chi connectivity index (χ3v) is 8.41. The van der Waals surface area contributed by atoms with Gasteiger partial charge in [-0.1, -0.05) is 0 Å². The lowest BCUT2D eigenvalue weighted by molar-refractivity contribution is -0.284. The van der Waals surface area contributed by atoms with Gasteiger partial charge in [0, 0.05) is 48.5 Å². The first-order chi connectivity index (χ1) is 22.3. The van der Waals surface area contributed by atoms with Gasteiger partial charge >= 0.3 is 41.8 Å². The number of carbonyl (C=O) groups is 7. The minimum Gasteiger partial charge on any atom is -0.463 e. The second-order valence-electron chi connectivity index (χ2n) is 11.0. The van der Waals surface area contributed by atoms with Crippen molar-refractivity contribution in [2.24, 2.45) is 0 Å². The highest BCUT2D eigenvalue weighted by atomic mass is 32.2. The summed E-state index contributed by atoms with van der Waals surface area (Å²) in [6, 6.07) is 0. The van der Waals surface area contributed by atoms with Crippen LogP contribution in [0.1, 0.15) is 62.3 Å². The molecular formula is C29H42O18S. The molecule has 48 heavy (non-hydrogen) atoms. The topological polar surface area (TPSA) is 229 Å². The molecule has 11 atom stereocenters. The van der Waals surface area contributed by atoms with Gasteiger partial charge in [-0.2, -0.15) is 0 Å². The first-order valence-corrected chi connectivity index (χ1v) is 16.1. The van der Waals surface area contributed by atoms with Gasteiger partial charge in [-0.3, -0.25) is 37.8 Å². The Balaban J connectivity index is 2.84. The molecule has 0 saturated carbocycles. The molecule has 2 aliphatic rings. The highest BCUT2D eigenvalue weighted by molar-refractivity contribution is 7.86. The van der Waals surface area contributed by atoms with Crippen LogP contribution in [0.15, 0.2) is 0 Å². The largest absolute Gasteiger partial charge is 0.463 e. The molecule has 18 nitrogen and oxygen atoms in total. The monoisotopic (exact) mass is 710 g/mol. The van der Waals surface area contributed by atoms with Gasteiger partial charge in [0.15, 0.2) is 36.1 Å². The number of ether oxygens (including phenoxy) is 10. The predicted octanol–water partition coefficient (Wildman–Crippen LogP) is -0.237. The molecule has 2 aliphatic heterocycles. The zero-order valence-electron chi connectivity index (χ0n) is 28.0. The van der Waals surface area contributed by atoms with Crippen molar-refractivity contribution < 1.29 is 85.1 Å². The Kier molecular flexibility index (Phi) is 15.3. The van der Waals surface area contributed by atoms with E-state index in [4.69, 9.17) is 47.4 Å². The van der Waals surface area contributed by atoms with E-state index >= 15 is 0 Å². The van der Waals surface area contributed by atoms with Gasteiger partial charge in [0.2, 0.25) is 0 Å². The molecule has 0 bridgehead atoms. The Morgan fingerprint density at radius 3 is 1.38 bits per heavy atom. The molecule has 2 fully saturated rings. The number of carbonyl (C=O) groups excluding carboxylic acids is 7. The summed E-state index contributed by atoms with van der Waals surface area (Å²) in [5, 5.41) is -1.63. The smallest absolute Gasteiger partial charge is 0.303 e. The minimum atomic E-state index is -2.63. The second-order valence-corrected chi connectivity index (χ2v) is 12.7. The summed E-state index contributed by atoms with van der Waals surface area (Å²) in [7, 11) is -2.63. The van der Waals surface area contributed by atoms with E-state index in [2.05, 4.69) is 0 Å². The van der Waals surface area contributed by atoms with Crippen molar-refractivity contribution in [3.63, 3.8) is 0 Å². The minimum absolute atomic E-state index is 0.537. The first kappa shape index (κ1) is 40.5. The molecule has 0 aromatic carbocycles. The first-order valence-electron chi connectivity index (χ1n) is 14.8. The van der Waals surface area contributed by atoms with Crippen LogP contribution in [-0.2, 0) is 91.7 Å². The van der Waals surface area contributed by atoms with E-state index in [9.17, 15) is 37.8 Å². The van der Waals surface area contributed by atoms with Crippen LogP contribution in [0.4, 0.5) is 0 Å². The molecule has 0 radical (unpaired) electrons. The second kappa shape index (κ2) is 18.2. The molecule has 0 amide bonds. The molecule has 0 aliphatic carbocycles. The summed E-state index contributed by atoms with van der Waals surface area (Å²) < 4.78 is 70.3. The number of hydrogen-bond donors (Lipinski definition) is 0. The highest BCUT2D eigenvalue weighted by Gasteiger charge is 2.60. The third-order valence-electron chi connectivity index (χ3n) is 6.50. The number of rotatable bonds is 13. The summed E-state index contributed by atoms with van der Waals surface area (Å²) in [5.74, 6) is -6.07. The lowest BCUT2D eigenvalue weighted by atomic mass is 9.99. The summed E-state index contributed by atoms with van der Waals surface area (Å²) >= 11 is 0. The number of esters is 7.